The Kier molecular flexibility index (Phi) is 7.25. The molecule has 1 fully saturated rings. The minimum atomic E-state index is -0.415. The molecule has 0 radical (unpaired) electrons. The maximum Gasteiger partial charge on any atom is 0.286 e. The highest BCUT2D eigenvalue weighted by molar-refractivity contribution is 7.15. The predicted molar refractivity (Wildman–Crippen MR) is 108 cm³/mol. The molecular formula is C19H23N5O4S. The molecule has 10 heteroatoms. The zero-order chi connectivity index (χ0) is 20.6. The van der Waals surface area contributed by atoms with Gasteiger partial charge in [0.1, 0.15) is 0 Å². The summed E-state index contributed by atoms with van der Waals surface area (Å²) in [6.07, 6.45) is 1.46. The van der Waals surface area contributed by atoms with Gasteiger partial charge in [0.05, 0.1) is 12.5 Å². The zero-order valence-electron chi connectivity index (χ0n) is 16.1. The van der Waals surface area contributed by atoms with Crippen molar-refractivity contribution in [1.82, 2.24) is 20.4 Å². The lowest BCUT2D eigenvalue weighted by Crippen LogP contribution is -2.45. The Hall–Kier alpha value is -2.85. The smallest absolute Gasteiger partial charge is 0.286 e. The monoisotopic (exact) mass is 417 g/mol. The number of hydrogen-bond donors (Lipinski definition) is 2. The fraction of sp³-hybridized carbons (Fsp3) is 0.421. The van der Waals surface area contributed by atoms with Crippen LogP contribution in [0, 0.1) is 5.92 Å². The van der Waals surface area contributed by atoms with Crippen LogP contribution in [0.5, 0.6) is 0 Å². The van der Waals surface area contributed by atoms with Crippen LogP contribution in [0.2, 0.25) is 0 Å². The Morgan fingerprint density at radius 2 is 1.97 bits per heavy atom. The molecule has 2 aromatic rings. The second-order valence-electron chi connectivity index (χ2n) is 6.61. The van der Waals surface area contributed by atoms with Gasteiger partial charge in [-0.15, -0.1) is 10.2 Å². The largest absolute Gasteiger partial charge is 0.383 e. The van der Waals surface area contributed by atoms with E-state index in [-0.39, 0.29) is 27.7 Å². The number of methoxy groups -OCH3 is 1. The molecule has 1 saturated heterocycles. The van der Waals surface area contributed by atoms with Crippen molar-refractivity contribution in [3.63, 3.8) is 0 Å². The quantitative estimate of drug-likeness (QED) is 0.659. The van der Waals surface area contributed by atoms with Gasteiger partial charge < -0.3 is 20.3 Å². The van der Waals surface area contributed by atoms with E-state index in [2.05, 4.69) is 20.8 Å². The van der Waals surface area contributed by atoms with Crippen molar-refractivity contribution < 1.29 is 19.1 Å². The van der Waals surface area contributed by atoms with Crippen molar-refractivity contribution in [3.05, 3.63) is 40.3 Å². The summed E-state index contributed by atoms with van der Waals surface area (Å²) in [7, 11) is 1.57. The van der Waals surface area contributed by atoms with Crippen LogP contribution in [0.15, 0.2) is 30.3 Å². The van der Waals surface area contributed by atoms with Crippen molar-refractivity contribution in [2.45, 2.75) is 12.8 Å². The van der Waals surface area contributed by atoms with Crippen LogP contribution in [-0.2, 0) is 9.53 Å². The van der Waals surface area contributed by atoms with E-state index in [4.69, 9.17) is 4.74 Å². The average molecular weight is 417 g/mol. The van der Waals surface area contributed by atoms with E-state index in [0.717, 1.165) is 24.2 Å². The van der Waals surface area contributed by atoms with Crippen LogP contribution in [0.1, 0.15) is 32.4 Å². The third-order valence-corrected chi connectivity index (χ3v) is 5.43. The second-order valence-corrected chi connectivity index (χ2v) is 7.58. The average Bonchev–Trinajstić information content (AvgIpc) is 3.24. The first-order valence-corrected chi connectivity index (χ1v) is 10.2. The number of aromatic nitrogens is 2. The Bertz CT molecular complexity index is 857. The van der Waals surface area contributed by atoms with Crippen molar-refractivity contribution >= 4 is 34.7 Å². The van der Waals surface area contributed by atoms with E-state index in [1.54, 1.807) is 24.1 Å². The Morgan fingerprint density at radius 3 is 2.72 bits per heavy atom. The summed E-state index contributed by atoms with van der Waals surface area (Å²) in [6, 6.07) is 8.99. The number of amides is 3. The van der Waals surface area contributed by atoms with E-state index in [9.17, 15) is 14.4 Å². The molecule has 1 atom stereocenters. The predicted octanol–water partition coefficient (Wildman–Crippen LogP) is 1.41. The molecule has 1 aliphatic heterocycles. The Balaban J connectivity index is 1.59. The lowest BCUT2D eigenvalue weighted by Gasteiger charge is -2.31. The number of piperidine rings is 1. The summed E-state index contributed by atoms with van der Waals surface area (Å²) in [5.41, 5.74) is 0.638. The number of carbonyl (C=O) groups excluding carboxylic acids is 3. The molecule has 0 aliphatic carbocycles. The molecule has 1 aliphatic rings. The number of likely N-dealkylation sites (tertiary alicyclic amines) is 1. The normalized spacial score (nSPS) is 16.3. The number of para-hydroxylation sites is 1. The molecule has 3 rings (SSSR count). The summed E-state index contributed by atoms with van der Waals surface area (Å²) in [5, 5.41) is 13.5. The summed E-state index contributed by atoms with van der Waals surface area (Å²) in [6.45, 7) is 1.75. The van der Waals surface area contributed by atoms with Gasteiger partial charge in [-0.1, -0.05) is 29.5 Å². The minimum Gasteiger partial charge on any atom is -0.383 e. The molecule has 1 aromatic heterocycles. The van der Waals surface area contributed by atoms with Crippen LogP contribution >= 0.6 is 11.3 Å². The van der Waals surface area contributed by atoms with Gasteiger partial charge in [-0.25, -0.2) is 0 Å². The fourth-order valence-corrected chi connectivity index (χ4v) is 3.75. The van der Waals surface area contributed by atoms with Gasteiger partial charge in [-0.05, 0) is 25.0 Å². The summed E-state index contributed by atoms with van der Waals surface area (Å²) >= 11 is 0.946. The SMILES string of the molecule is COCCNC(=O)C1CCCN(C(=O)c2nnc(C(=O)Nc3ccccc3)s2)C1. The molecule has 2 heterocycles. The first kappa shape index (κ1) is 20.9. The highest BCUT2D eigenvalue weighted by Gasteiger charge is 2.30. The molecule has 29 heavy (non-hydrogen) atoms. The van der Waals surface area contributed by atoms with Crippen LogP contribution < -0.4 is 10.6 Å². The maximum atomic E-state index is 12.8. The Labute approximate surface area is 172 Å². The molecule has 0 spiro atoms. The number of anilines is 1. The molecule has 2 N–H and O–H groups in total. The minimum absolute atomic E-state index is 0.0836. The Morgan fingerprint density at radius 1 is 1.21 bits per heavy atom. The molecule has 0 saturated carbocycles. The van der Waals surface area contributed by atoms with E-state index in [0.29, 0.717) is 31.9 Å². The number of hydrogen-bond acceptors (Lipinski definition) is 7. The summed E-state index contributed by atoms with van der Waals surface area (Å²) < 4.78 is 4.93. The number of nitrogens with one attached hydrogen (secondary N) is 2. The van der Waals surface area contributed by atoms with Crippen LogP contribution in [0.3, 0.4) is 0 Å². The van der Waals surface area contributed by atoms with Gasteiger partial charge >= 0.3 is 0 Å². The van der Waals surface area contributed by atoms with Gasteiger partial charge in [-0.3, -0.25) is 14.4 Å². The molecule has 1 aromatic carbocycles. The lowest BCUT2D eigenvalue weighted by molar-refractivity contribution is -0.126. The van der Waals surface area contributed by atoms with Gasteiger partial charge in [0, 0.05) is 32.4 Å². The second kappa shape index (κ2) is 10.1. The first-order chi connectivity index (χ1) is 14.1. The topological polar surface area (TPSA) is 114 Å². The van der Waals surface area contributed by atoms with Crippen LogP contribution in [0.25, 0.3) is 0 Å². The third kappa shape index (κ3) is 5.58. The molecule has 154 valence electrons. The molecular weight excluding hydrogens is 394 g/mol. The standard InChI is InChI=1S/C19H23N5O4S/c1-28-11-9-20-15(25)13-6-5-10-24(12-13)19(27)18-23-22-17(29-18)16(26)21-14-7-3-2-4-8-14/h2-4,7-8,13H,5-6,9-12H2,1H3,(H,20,25)(H,21,26). The number of nitrogens with zero attached hydrogens (tertiary/aromatic N) is 3. The van der Waals surface area contributed by atoms with E-state index in [1.165, 1.54) is 0 Å². The van der Waals surface area contributed by atoms with Gasteiger partial charge in [0.15, 0.2) is 0 Å². The van der Waals surface area contributed by atoms with Crippen molar-refractivity contribution in [3.8, 4) is 0 Å². The van der Waals surface area contributed by atoms with Crippen molar-refractivity contribution in [2.24, 2.45) is 5.92 Å². The first-order valence-electron chi connectivity index (χ1n) is 9.34. The van der Waals surface area contributed by atoms with Gasteiger partial charge in [-0.2, -0.15) is 0 Å². The molecule has 3 amide bonds. The molecule has 0 bridgehead atoms. The van der Waals surface area contributed by atoms with Crippen molar-refractivity contribution in [2.75, 3.05) is 38.7 Å². The summed E-state index contributed by atoms with van der Waals surface area (Å²) in [4.78, 5) is 38.9. The zero-order valence-corrected chi connectivity index (χ0v) is 16.9. The van der Waals surface area contributed by atoms with E-state index < -0.39 is 5.91 Å². The van der Waals surface area contributed by atoms with Crippen LogP contribution in [-0.4, -0.2) is 66.2 Å². The number of rotatable bonds is 7. The molecule has 9 nitrogen and oxygen atoms in total. The maximum absolute atomic E-state index is 12.8. The number of ether oxygens (including phenoxy) is 1. The van der Waals surface area contributed by atoms with E-state index in [1.807, 2.05) is 18.2 Å². The van der Waals surface area contributed by atoms with Gasteiger partial charge in [0.2, 0.25) is 15.9 Å². The molecule has 1 unspecified atom stereocenters. The van der Waals surface area contributed by atoms with E-state index >= 15 is 0 Å². The number of carbonyl (C=O) groups is 3. The van der Waals surface area contributed by atoms with Crippen molar-refractivity contribution in [1.29, 1.82) is 0 Å². The fourth-order valence-electron chi connectivity index (χ4n) is 3.04. The lowest BCUT2D eigenvalue weighted by atomic mass is 9.97. The third-order valence-electron chi connectivity index (χ3n) is 4.52. The van der Waals surface area contributed by atoms with Gasteiger partial charge in [0.25, 0.3) is 11.8 Å². The summed E-state index contributed by atoms with van der Waals surface area (Å²) in [5.74, 6) is -1.07. The van der Waals surface area contributed by atoms with Crippen LogP contribution in [0.4, 0.5) is 5.69 Å². The highest BCUT2D eigenvalue weighted by atomic mass is 32.1. The highest BCUT2D eigenvalue weighted by Crippen LogP contribution is 2.21. The number of benzene rings is 1.